The third kappa shape index (κ3) is 90.6. The van der Waals surface area contributed by atoms with Crippen LogP contribution in [-0.4, -0.2) is 0 Å². The lowest BCUT2D eigenvalue weighted by Gasteiger charge is -1.00. The fraction of sp³-hybridized carbons (Fsp3) is 0. The summed E-state index contributed by atoms with van der Waals surface area (Å²) in [6, 6.07) is 0. The Balaban J connectivity index is -0.0000000200. The summed E-state index contributed by atoms with van der Waals surface area (Å²) in [7, 11) is 0. The van der Waals surface area contributed by atoms with Crippen LogP contribution in [0.5, 0.6) is 0 Å². The van der Waals surface area contributed by atoms with Gasteiger partial charge in [-0.05, 0) is 0 Å². The molecule has 0 radical (unpaired) electrons. The van der Waals surface area contributed by atoms with Gasteiger partial charge in [-0.1, -0.05) is 0 Å². The molecule has 0 aromatic rings. The molecule has 0 rings (SSSR count). The van der Waals surface area contributed by atoms with Crippen molar-refractivity contribution < 1.29 is 29.2 Å². The molecule has 5 heavy (non-hydrogen) atoms. The molecule has 0 aliphatic heterocycles. The van der Waals surface area contributed by atoms with Crippen LogP contribution in [-0.2, 0) is 0 Å². The summed E-state index contributed by atoms with van der Waals surface area (Å²) in [4.78, 5) is 0. The predicted molar refractivity (Wildman–Crippen MR) is 10.2 cm³/mol. The molecule has 0 aliphatic rings. The van der Waals surface area contributed by atoms with Crippen LogP contribution in [0.1, 0.15) is 0 Å². The molecule has 0 saturated heterocycles. The summed E-state index contributed by atoms with van der Waals surface area (Å²) in [5.41, 5.74) is 0. The van der Waals surface area contributed by atoms with E-state index < -0.39 is 0 Å². The first-order valence-electron chi connectivity index (χ1n) is 0.378. The zero-order valence-corrected chi connectivity index (χ0v) is 4.28. The molecule has 0 nitrogen and oxygen atoms in total. The van der Waals surface area contributed by atoms with Crippen molar-refractivity contribution in [1.29, 1.82) is 0 Å². The number of rotatable bonds is 0. The van der Waals surface area contributed by atoms with Gasteiger partial charge in [-0.3, -0.25) is 0 Å². The molecule has 32 valence electrons. The van der Waals surface area contributed by atoms with E-state index in [2.05, 4.69) is 11.6 Å². The van der Waals surface area contributed by atoms with Gasteiger partial charge in [0.05, 0.1) is 0 Å². The van der Waals surface area contributed by atoms with Crippen molar-refractivity contribution in [1.82, 2.24) is 0 Å². The summed E-state index contributed by atoms with van der Waals surface area (Å²) in [5.74, 6) is 0. The second-order valence-electron chi connectivity index (χ2n) is 0.0714. The van der Waals surface area contributed by atoms with Crippen LogP contribution in [0.15, 0.2) is 0 Å². The summed E-state index contributed by atoms with van der Waals surface area (Å²) in [6.07, 6.45) is 0.722. The normalized spacial score (nSPS) is 2.00. The molecule has 0 heterocycles. The zero-order valence-electron chi connectivity index (χ0n) is 2.01. The molecule has 0 aromatic heterocycles. The Labute approximate surface area is 47.5 Å². The zero-order chi connectivity index (χ0) is 2.71. The van der Waals surface area contributed by atoms with E-state index in [9.17, 15) is 4.39 Å². The highest BCUT2D eigenvalue weighted by atomic mass is 35.5. The Kier molecular flexibility index (Phi) is 82.7. The van der Waals surface area contributed by atoms with Gasteiger partial charge in [0.2, 0.25) is 0 Å². The third-order valence-electron chi connectivity index (χ3n) is 0. The molecule has 0 spiro atoms. The number of hydrogen-bond donors (Lipinski definition) is 0. The van der Waals surface area contributed by atoms with Gasteiger partial charge in [-0.25, -0.2) is 0 Å². The summed E-state index contributed by atoms with van der Waals surface area (Å²) < 4.78 is 9.81. The van der Waals surface area contributed by atoms with E-state index in [1.165, 1.54) is 0 Å². The van der Waals surface area contributed by atoms with Gasteiger partial charge in [-0.2, -0.15) is 0 Å². The van der Waals surface area contributed by atoms with E-state index in [-0.39, 0.29) is 24.8 Å². The highest BCUT2D eigenvalue weighted by Gasteiger charge is 2.21. The van der Waals surface area contributed by atoms with Gasteiger partial charge < -0.3 is 24.8 Å². The van der Waals surface area contributed by atoms with Gasteiger partial charge in [0, 0.05) is 0 Å². The third-order valence-corrected chi connectivity index (χ3v) is 0. The second-order valence-corrected chi connectivity index (χ2v) is 0.214. The molecular formula is CCl3F. The van der Waals surface area contributed by atoms with E-state index >= 15 is 0 Å². The van der Waals surface area contributed by atoms with Crippen molar-refractivity contribution in [3.05, 3.63) is 6.13 Å². The SMILES string of the molecule is F[C+2]Cl.[Cl-].[Cl-]. The average molecular weight is 137 g/mol. The Morgan fingerprint density at radius 1 is 1.40 bits per heavy atom. The van der Waals surface area contributed by atoms with E-state index in [0.717, 1.165) is 6.13 Å². The Morgan fingerprint density at radius 3 is 1.40 bits per heavy atom. The van der Waals surface area contributed by atoms with Gasteiger partial charge in [0.1, 0.15) is 0 Å². The minimum absolute atomic E-state index is 0. The molecule has 0 N–H and O–H groups in total. The number of halogens is 4. The maximum Gasteiger partial charge on any atom is 1.05 e. The molecule has 0 aliphatic carbocycles. The Hall–Kier alpha value is 0.580. The molecule has 0 amide bonds. The minimum atomic E-state index is 0. The Bertz CT molecular complexity index is 6.85. The van der Waals surface area contributed by atoms with Crippen molar-refractivity contribution in [2.24, 2.45) is 0 Å². The van der Waals surface area contributed by atoms with Crippen molar-refractivity contribution in [3.63, 3.8) is 0 Å². The molecule has 0 saturated carbocycles. The average Bonchev–Trinajstić information content (AvgIpc) is 0.918. The lowest BCUT2D eigenvalue weighted by Crippen LogP contribution is -3.00. The van der Waals surface area contributed by atoms with E-state index in [1.54, 1.807) is 0 Å². The molecule has 0 atom stereocenters. The maximum absolute atomic E-state index is 9.81. The van der Waals surface area contributed by atoms with E-state index in [0.29, 0.717) is 0 Å². The van der Waals surface area contributed by atoms with Crippen LogP contribution >= 0.6 is 11.6 Å². The van der Waals surface area contributed by atoms with Crippen molar-refractivity contribution in [3.8, 4) is 0 Å². The van der Waals surface area contributed by atoms with Crippen molar-refractivity contribution >= 4 is 11.6 Å². The van der Waals surface area contributed by atoms with Crippen molar-refractivity contribution in [2.75, 3.05) is 0 Å². The van der Waals surface area contributed by atoms with Crippen LogP contribution in [0.2, 0.25) is 0 Å². The van der Waals surface area contributed by atoms with Gasteiger partial charge in [0.25, 0.3) is 0 Å². The first kappa shape index (κ1) is 17.6. The largest absolute Gasteiger partial charge is 1.05 e. The summed E-state index contributed by atoms with van der Waals surface area (Å²) >= 11 is 4.08. The highest BCUT2D eigenvalue weighted by Crippen LogP contribution is 1.76. The molecule has 0 unspecified atom stereocenters. The second kappa shape index (κ2) is 23.5. The minimum Gasteiger partial charge on any atom is -1.00 e. The number of hydrogen-bond acceptors (Lipinski definition) is 0. The van der Waals surface area contributed by atoms with Crippen molar-refractivity contribution in [2.45, 2.75) is 0 Å². The quantitative estimate of drug-likeness (QED) is 0.314. The molecule has 0 bridgehead atoms. The first-order valence-corrected chi connectivity index (χ1v) is 0.756. The van der Waals surface area contributed by atoms with Gasteiger partial charge in [0.15, 0.2) is 0 Å². The van der Waals surface area contributed by atoms with Crippen LogP contribution in [0, 0.1) is 6.13 Å². The van der Waals surface area contributed by atoms with Gasteiger partial charge in [-0.15, -0.1) is 0 Å². The Morgan fingerprint density at radius 2 is 1.40 bits per heavy atom. The van der Waals surface area contributed by atoms with Crippen LogP contribution in [0.25, 0.3) is 0 Å². The predicted octanol–water partition coefficient (Wildman–Crippen LogP) is -4.80. The van der Waals surface area contributed by atoms with Gasteiger partial charge >= 0.3 is 22.1 Å². The topological polar surface area (TPSA) is 0 Å². The monoisotopic (exact) mass is 136 g/mol. The maximum atomic E-state index is 9.81. The smallest absolute Gasteiger partial charge is 1.00 e. The molecule has 0 aromatic carbocycles. The lowest BCUT2D eigenvalue weighted by atomic mass is 11.8. The molecular weight excluding hydrogens is 137 g/mol. The molecule has 0 fully saturated rings. The standard InChI is InChI=1S/CClF.2ClH/c2-1-3;;/h;2*1H/q+2;;/p-2. The summed E-state index contributed by atoms with van der Waals surface area (Å²) in [5, 5.41) is 0. The lowest BCUT2D eigenvalue weighted by molar-refractivity contribution is -0.00100. The highest BCUT2D eigenvalue weighted by molar-refractivity contribution is 6.21. The fourth-order valence-electron chi connectivity index (χ4n) is 0. The van der Waals surface area contributed by atoms with Crippen LogP contribution < -0.4 is 24.8 Å². The van der Waals surface area contributed by atoms with Crippen LogP contribution in [0.3, 0.4) is 0 Å². The van der Waals surface area contributed by atoms with Crippen LogP contribution in [0.4, 0.5) is 4.39 Å². The summed E-state index contributed by atoms with van der Waals surface area (Å²) in [6.45, 7) is 0. The molecule has 4 heteroatoms. The van der Waals surface area contributed by atoms with E-state index in [1.807, 2.05) is 0 Å². The van der Waals surface area contributed by atoms with E-state index in [4.69, 9.17) is 0 Å². The first-order chi connectivity index (χ1) is 1.41. The fourth-order valence-corrected chi connectivity index (χ4v) is 0.